The topological polar surface area (TPSA) is 89.9 Å². The summed E-state index contributed by atoms with van der Waals surface area (Å²) in [5, 5.41) is 8.91. The van der Waals surface area contributed by atoms with Gasteiger partial charge in [0.2, 0.25) is 0 Å². The number of aliphatic carboxylic acids is 1. The van der Waals surface area contributed by atoms with Crippen LogP contribution in [0.3, 0.4) is 0 Å². The molecular formula is C12H19BIO6P. The second-order valence-electron chi connectivity index (χ2n) is 5.00. The van der Waals surface area contributed by atoms with E-state index in [4.69, 9.17) is 22.1 Å². The van der Waals surface area contributed by atoms with Crippen molar-refractivity contribution in [3.8, 4) is 0 Å². The zero-order chi connectivity index (χ0) is 16.6. The Morgan fingerprint density at radius 3 is 2.24 bits per heavy atom. The average Bonchev–Trinajstić information content (AvgIpc) is 2.39. The molecule has 0 aromatic rings. The van der Waals surface area contributed by atoms with Crippen molar-refractivity contribution in [2.24, 2.45) is 5.41 Å². The van der Waals surface area contributed by atoms with Gasteiger partial charge in [0.1, 0.15) is 20.8 Å². The molecule has 0 aromatic heterocycles. The molecule has 118 valence electrons. The predicted molar refractivity (Wildman–Crippen MR) is 88.7 cm³/mol. The van der Waals surface area contributed by atoms with E-state index < -0.39 is 28.5 Å². The van der Waals surface area contributed by atoms with Gasteiger partial charge in [-0.3, -0.25) is 14.4 Å². The summed E-state index contributed by atoms with van der Waals surface area (Å²) in [5.41, 5.74) is -2.81. The number of rotatable bonds is 9. The van der Waals surface area contributed by atoms with Crippen LogP contribution in [-0.2, 0) is 23.9 Å². The summed E-state index contributed by atoms with van der Waals surface area (Å²) in [7, 11) is 5.54. The minimum absolute atomic E-state index is 0.0483. The van der Waals surface area contributed by atoms with Crippen LogP contribution in [0, 0.1) is 5.41 Å². The van der Waals surface area contributed by atoms with E-state index in [-0.39, 0.29) is 25.6 Å². The Bertz CT molecular complexity index is 388. The molecule has 0 spiro atoms. The third-order valence-electron chi connectivity index (χ3n) is 2.96. The highest BCUT2D eigenvalue weighted by molar-refractivity contribution is 14.2. The average molecular weight is 428 g/mol. The molecule has 1 N–H and O–H groups in total. The molecule has 0 rings (SSSR count). The number of carbonyl (C=O) groups is 3. The van der Waals surface area contributed by atoms with E-state index in [0.717, 1.165) is 0 Å². The lowest BCUT2D eigenvalue weighted by atomic mass is 9.91. The quantitative estimate of drug-likeness (QED) is 0.199. The van der Waals surface area contributed by atoms with Gasteiger partial charge in [-0.25, -0.2) is 0 Å². The van der Waals surface area contributed by atoms with Crippen LogP contribution >= 0.6 is 27.5 Å². The molecule has 0 aliphatic rings. The normalized spacial score (nSPS) is 14.1. The molecule has 9 heteroatoms. The van der Waals surface area contributed by atoms with Crippen LogP contribution < -0.4 is 0 Å². The molecule has 0 aliphatic carbocycles. The van der Waals surface area contributed by atoms with Gasteiger partial charge in [-0.15, -0.1) is 0 Å². The summed E-state index contributed by atoms with van der Waals surface area (Å²) >= 11 is 1.80. The van der Waals surface area contributed by atoms with Crippen LogP contribution in [0.5, 0.6) is 0 Å². The van der Waals surface area contributed by atoms with E-state index in [1.165, 1.54) is 0 Å². The van der Waals surface area contributed by atoms with Crippen molar-refractivity contribution in [1.29, 1.82) is 0 Å². The lowest BCUT2D eigenvalue weighted by Gasteiger charge is -2.20. The van der Waals surface area contributed by atoms with Crippen LogP contribution in [0.1, 0.15) is 33.6 Å². The predicted octanol–water partition coefficient (Wildman–Crippen LogP) is 2.27. The summed E-state index contributed by atoms with van der Waals surface area (Å²) < 4.78 is 9.83. The summed E-state index contributed by atoms with van der Waals surface area (Å²) in [6, 6.07) is 0. The lowest BCUT2D eigenvalue weighted by Crippen LogP contribution is -2.28. The zero-order valence-corrected chi connectivity index (χ0v) is 15.3. The van der Waals surface area contributed by atoms with E-state index in [0.29, 0.717) is 6.42 Å². The van der Waals surface area contributed by atoms with Crippen LogP contribution in [0.15, 0.2) is 0 Å². The van der Waals surface area contributed by atoms with Gasteiger partial charge >= 0.3 is 17.9 Å². The van der Waals surface area contributed by atoms with Crippen LogP contribution in [-0.4, -0.2) is 49.5 Å². The molecule has 0 fully saturated rings. The number of hydrogen-bond acceptors (Lipinski definition) is 5. The first-order chi connectivity index (χ1) is 9.61. The molecule has 2 unspecified atom stereocenters. The number of carbonyl (C=O) groups excluding carboxylic acids is 2. The van der Waals surface area contributed by atoms with E-state index in [1.807, 2.05) is 6.92 Å². The van der Waals surface area contributed by atoms with Gasteiger partial charge in [0.15, 0.2) is 0 Å². The fraction of sp³-hybridized carbons (Fsp3) is 0.750. The molecule has 21 heavy (non-hydrogen) atoms. The van der Waals surface area contributed by atoms with Gasteiger partial charge in [-0.1, -0.05) is 34.4 Å². The van der Waals surface area contributed by atoms with E-state index >= 15 is 0 Å². The Morgan fingerprint density at radius 2 is 1.81 bits per heavy atom. The lowest BCUT2D eigenvalue weighted by molar-refractivity contribution is -0.159. The van der Waals surface area contributed by atoms with Gasteiger partial charge in [0.25, 0.3) is 0 Å². The molecule has 0 amide bonds. The van der Waals surface area contributed by atoms with Crippen molar-refractivity contribution in [3.05, 3.63) is 0 Å². The Balaban J connectivity index is 4.06. The fourth-order valence-corrected chi connectivity index (χ4v) is 2.97. The number of hydrogen-bond donors (Lipinski definition) is 1. The molecule has 6 nitrogen and oxygen atoms in total. The standard InChI is InChI=1S/C12H19BIO6P/c1-4-12(2,3)11(18)20-6-5-19-9(15)7-8(10(16)17)21(13)14/h8H,4-7H2,1-3H3,(H,16,17). The number of carboxylic acids is 1. The zero-order valence-electron chi connectivity index (χ0n) is 12.3. The highest BCUT2D eigenvalue weighted by Gasteiger charge is 2.28. The number of esters is 2. The second kappa shape index (κ2) is 9.61. The Labute approximate surface area is 139 Å². The van der Waals surface area contributed by atoms with Gasteiger partial charge in [-0.2, -0.15) is 0 Å². The molecule has 0 saturated carbocycles. The first-order valence-electron chi connectivity index (χ1n) is 6.37. The number of ether oxygens (including phenoxy) is 2. The third-order valence-corrected chi connectivity index (χ3v) is 5.98. The first kappa shape index (κ1) is 20.6. The van der Waals surface area contributed by atoms with Crippen molar-refractivity contribution >= 4 is 53.0 Å². The maximum absolute atomic E-state index is 11.6. The van der Waals surface area contributed by atoms with Crippen molar-refractivity contribution in [3.63, 3.8) is 0 Å². The molecule has 2 atom stereocenters. The smallest absolute Gasteiger partial charge is 0.311 e. The molecule has 0 bridgehead atoms. The highest BCUT2D eigenvalue weighted by atomic mass is 127. The maximum atomic E-state index is 11.6. The minimum Gasteiger partial charge on any atom is -0.481 e. The second-order valence-corrected chi connectivity index (χ2v) is 9.65. The molecule has 2 radical (unpaired) electrons. The SMILES string of the molecule is [B]P(I)C(CC(=O)OCCOC(=O)C(C)(C)CC)C(=O)O. The molecule has 0 aromatic carbocycles. The van der Waals surface area contributed by atoms with E-state index in [1.54, 1.807) is 35.9 Å². The Hall–Kier alpha value is -0.365. The van der Waals surface area contributed by atoms with Gasteiger partial charge in [-0.05, 0) is 20.3 Å². The van der Waals surface area contributed by atoms with Crippen LogP contribution in [0.4, 0.5) is 0 Å². The van der Waals surface area contributed by atoms with Crippen molar-refractivity contribution in [2.45, 2.75) is 39.3 Å². The number of carboxylic acid groups (broad SMARTS) is 1. The van der Waals surface area contributed by atoms with Crippen molar-refractivity contribution in [2.75, 3.05) is 13.2 Å². The van der Waals surface area contributed by atoms with Gasteiger partial charge < -0.3 is 14.6 Å². The maximum Gasteiger partial charge on any atom is 0.311 e. The molecule has 0 heterocycles. The summed E-state index contributed by atoms with van der Waals surface area (Å²) in [6.45, 7) is 5.27. The van der Waals surface area contributed by atoms with Gasteiger partial charge in [0.05, 0.1) is 17.5 Å². The van der Waals surface area contributed by atoms with Crippen molar-refractivity contribution < 1.29 is 29.0 Å². The Kier molecular flexibility index (Phi) is 9.44. The van der Waals surface area contributed by atoms with Gasteiger partial charge in [0, 0.05) is 0 Å². The molecule has 0 aliphatic heterocycles. The summed E-state index contributed by atoms with van der Waals surface area (Å²) in [5.74, 6) is -2.14. The minimum atomic E-state index is -1.30. The fourth-order valence-electron chi connectivity index (χ4n) is 1.13. The monoisotopic (exact) mass is 428 g/mol. The van der Waals surface area contributed by atoms with E-state index in [2.05, 4.69) is 0 Å². The van der Waals surface area contributed by atoms with Crippen LogP contribution in [0.25, 0.3) is 0 Å². The largest absolute Gasteiger partial charge is 0.481 e. The first-order valence-corrected chi connectivity index (χ1v) is 10.6. The third kappa shape index (κ3) is 8.00. The highest BCUT2D eigenvalue weighted by Crippen LogP contribution is 2.46. The van der Waals surface area contributed by atoms with E-state index in [9.17, 15) is 14.4 Å². The summed E-state index contributed by atoms with van der Waals surface area (Å²) in [6.07, 6.45) is 0.358. The molecule has 0 saturated heterocycles. The number of halogens is 1. The van der Waals surface area contributed by atoms with Crippen LogP contribution in [0.2, 0.25) is 0 Å². The van der Waals surface area contributed by atoms with Crippen molar-refractivity contribution in [1.82, 2.24) is 0 Å². The summed E-state index contributed by atoms with van der Waals surface area (Å²) in [4.78, 5) is 34.0. The molecular weight excluding hydrogens is 409 g/mol. The Morgan fingerprint density at radius 1 is 1.29 bits per heavy atom.